The molecule has 2 aliphatic carbocycles. The number of nitrogens with one attached hydrogen (secondary N) is 2. The second kappa shape index (κ2) is 8.42. The fourth-order valence-corrected chi connectivity index (χ4v) is 3.79. The molecule has 3 rings (SSSR count). The average molecular weight is 401 g/mol. The summed E-state index contributed by atoms with van der Waals surface area (Å²) < 4.78 is 29.0. The van der Waals surface area contributed by atoms with Gasteiger partial charge in [0.25, 0.3) is 0 Å². The molecular formula is C19H23ClF2N2O3. The Labute approximate surface area is 161 Å². The fourth-order valence-electron chi connectivity index (χ4n) is 3.56. The van der Waals surface area contributed by atoms with Gasteiger partial charge in [0.15, 0.2) is 0 Å². The second-order valence-corrected chi connectivity index (χ2v) is 7.74. The summed E-state index contributed by atoms with van der Waals surface area (Å²) in [7, 11) is 0. The molecule has 0 aliphatic heterocycles. The maximum atomic E-state index is 13.0. The maximum Gasteiger partial charge on any atom is 0.387 e. The van der Waals surface area contributed by atoms with Gasteiger partial charge in [0.2, 0.25) is 11.8 Å². The smallest absolute Gasteiger partial charge is 0.387 e. The molecule has 0 bridgehead atoms. The molecule has 2 saturated carbocycles. The fraction of sp³-hybridized carbons (Fsp3) is 0.579. The van der Waals surface area contributed by atoms with Crippen LogP contribution in [-0.2, 0) is 9.59 Å². The third-order valence-electron chi connectivity index (χ3n) is 5.14. The summed E-state index contributed by atoms with van der Waals surface area (Å²) in [4.78, 5) is 25.3. The normalized spacial score (nSPS) is 18.8. The van der Waals surface area contributed by atoms with Crippen LogP contribution < -0.4 is 15.4 Å². The quantitative estimate of drug-likeness (QED) is 0.708. The highest BCUT2D eigenvalue weighted by Gasteiger charge is 2.42. The standard InChI is InChI=1S/C19H23ClF2N2O3/c20-14-10-13(6-7-15(14)27-18(21)22)24-17(26)19(8-2-1-3-9-19)11-16(25)23-12-4-5-12/h6-7,10,12,18H,1-5,8-9,11H2,(H,23,25)(H,24,26). The van der Waals surface area contributed by atoms with E-state index in [0.29, 0.717) is 18.5 Å². The van der Waals surface area contributed by atoms with Crippen molar-refractivity contribution in [1.29, 1.82) is 0 Å². The van der Waals surface area contributed by atoms with Crippen LogP contribution in [0.2, 0.25) is 5.02 Å². The molecule has 1 aromatic carbocycles. The molecule has 8 heteroatoms. The maximum absolute atomic E-state index is 13.0. The third kappa shape index (κ3) is 5.31. The van der Waals surface area contributed by atoms with Gasteiger partial charge < -0.3 is 15.4 Å². The molecule has 2 aliphatic rings. The van der Waals surface area contributed by atoms with E-state index in [0.717, 1.165) is 32.1 Å². The number of carbonyl (C=O) groups excluding carboxylic acids is 2. The first-order valence-electron chi connectivity index (χ1n) is 9.23. The number of carbonyl (C=O) groups is 2. The highest BCUT2D eigenvalue weighted by atomic mass is 35.5. The molecule has 5 nitrogen and oxygen atoms in total. The zero-order valence-electron chi connectivity index (χ0n) is 14.9. The minimum Gasteiger partial charge on any atom is -0.433 e. The Morgan fingerprint density at radius 1 is 1.22 bits per heavy atom. The molecule has 2 N–H and O–H groups in total. The molecule has 0 radical (unpaired) electrons. The van der Waals surface area contributed by atoms with E-state index in [1.807, 2.05) is 0 Å². The van der Waals surface area contributed by atoms with Gasteiger partial charge in [-0.2, -0.15) is 8.78 Å². The van der Waals surface area contributed by atoms with Gasteiger partial charge in [-0.25, -0.2) is 0 Å². The largest absolute Gasteiger partial charge is 0.433 e. The van der Waals surface area contributed by atoms with E-state index in [1.165, 1.54) is 18.2 Å². The molecule has 2 amide bonds. The van der Waals surface area contributed by atoms with Crippen LogP contribution >= 0.6 is 11.6 Å². The topological polar surface area (TPSA) is 67.4 Å². The minimum absolute atomic E-state index is 0.0164. The molecule has 0 saturated heterocycles. The number of halogens is 3. The van der Waals surface area contributed by atoms with Gasteiger partial charge in [0, 0.05) is 18.2 Å². The van der Waals surface area contributed by atoms with Crippen LogP contribution in [0, 0.1) is 5.41 Å². The Morgan fingerprint density at radius 2 is 1.93 bits per heavy atom. The first-order valence-corrected chi connectivity index (χ1v) is 9.61. The van der Waals surface area contributed by atoms with Crippen molar-refractivity contribution in [1.82, 2.24) is 5.32 Å². The Morgan fingerprint density at radius 3 is 2.52 bits per heavy atom. The van der Waals surface area contributed by atoms with E-state index in [-0.39, 0.29) is 35.0 Å². The Kier molecular flexibility index (Phi) is 6.19. The molecule has 2 fully saturated rings. The van der Waals surface area contributed by atoms with Gasteiger partial charge in [-0.1, -0.05) is 30.9 Å². The lowest BCUT2D eigenvalue weighted by Crippen LogP contribution is -2.42. The number of hydrogen-bond acceptors (Lipinski definition) is 3. The van der Waals surface area contributed by atoms with Crippen molar-refractivity contribution in [2.24, 2.45) is 5.41 Å². The van der Waals surface area contributed by atoms with Crippen molar-refractivity contribution in [2.75, 3.05) is 5.32 Å². The molecule has 148 valence electrons. The van der Waals surface area contributed by atoms with Crippen LogP contribution in [0.15, 0.2) is 18.2 Å². The molecule has 0 spiro atoms. The molecular weight excluding hydrogens is 378 g/mol. The number of hydrogen-bond donors (Lipinski definition) is 2. The Bertz CT molecular complexity index is 704. The Hall–Kier alpha value is -1.89. The summed E-state index contributed by atoms with van der Waals surface area (Å²) in [5, 5.41) is 5.74. The van der Waals surface area contributed by atoms with Gasteiger partial charge in [0.1, 0.15) is 5.75 Å². The SMILES string of the molecule is O=C(CC1(C(=O)Nc2ccc(OC(F)F)c(Cl)c2)CCCCC1)NC1CC1. The van der Waals surface area contributed by atoms with Crippen molar-refractivity contribution in [2.45, 2.75) is 64.0 Å². The number of alkyl halides is 2. The monoisotopic (exact) mass is 400 g/mol. The van der Waals surface area contributed by atoms with Crippen LogP contribution in [0.25, 0.3) is 0 Å². The van der Waals surface area contributed by atoms with Crippen LogP contribution in [-0.4, -0.2) is 24.5 Å². The molecule has 0 atom stereocenters. The highest BCUT2D eigenvalue weighted by Crippen LogP contribution is 2.41. The third-order valence-corrected chi connectivity index (χ3v) is 5.43. The number of anilines is 1. The Balaban J connectivity index is 1.70. The van der Waals surface area contributed by atoms with Gasteiger partial charge in [-0.05, 0) is 43.9 Å². The van der Waals surface area contributed by atoms with E-state index in [2.05, 4.69) is 15.4 Å². The molecule has 27 heavy (non-hydrogen) atoms. The minimum atomic E-state index is -2.97. The lowest BCUT2D eigenvalue weighted by Gasteiger charge is -2.35. The summed E-state index contributed by atoms with van der Waals surface area (Å²) in [6, 6.07) is 4.37. The van der Waals surface area contributed by atoms with Crippen molar-refractivity contribution in [3.63, 3.8) is 0 Å². The number of benzene rings is 1. The van der Waals surface area contributed by atoms with E-state index >= 15 is 0 Å². The van der Waals surface area contributed by atoms with Crippen LogP contribution in [0.3, 0.4) is 0 Å². The van der Waals surface area contributed by atoms with Crippen molar-refractivity contribution < 1.29 is 23.1 Å². The van der Waals surface area contributed by atoms with Crippen LogP contribution in [0.5, 0.6) is 5.75 Å². The molecule has 0 unspecified atom stereocenters. The van der Waals surface area contributed by atoms with Crippen LogP contribution in [0.4, 0.5) is 14.5 Å². The van der Waals surface area contributed by atoms with E-state index in [1.54, 1.807) is 0 Å². The molecule has 0 heterocycles. The van der Waals surface area contributed by atoms with Crippen LogP contribution in [0.1, 0.15) is 51.4 Å². The summed E-state index contributed by atoms with van der Waals surface area (Å²) in [6.45, 7) is -2.97. The van der Waals surface area contributed by atoms with Crippen molar-refractivity contribution in [3.8, 4) is 5.75 Å². The summed E-state index contributed by atoms with van der Waals surface area (Å²) in [5.41, 5.74) is -0.360. The summed E-state index contributed by atoms with van der Waals surface area (Å²) in [5.74, 6) is -0.471. The van der Waals surface area contributed by atoms with Gasteiger partial charge in [0.05, 0.1) is 10.4 Å². The number of amides is 2. The van der Waals surface area contributed by atoms with Gasteiger partial charge in [-0.15, -0.1) is 0 Å². The zero-order chi connectivity index (χ0) is 19.4. The summed E-state index contributed by atoms with van der Waals surface area (Å²) >= 11 is 5.95. The predicted octanol–water partition coefficient (Wildman–Crippen LogP) is 4.50. The highest BCUT2D eigenvalue weighted by molar-refractivity contribution is 6.32. The lowest BCUT2D eigenvalue weighted by molar-refractivity contribution is -0.134. The second-order valence-electron chi connectivity index (χ2n) is 7.34. The average Bonchev–Trinajstić information content (AvgIpc) is 3.41. The number of ether oxygens (including phenoxy) is 1. The summed E-state index contributed by atoms with van der Waals surface area (Å²) in [6.07, 6.45) is 6.29. The van der Waals surface area contributed by atoms with E-state index in [4.69, 9.17) is 11.6 Å². The van der Waals surface area contributed by atoms with E-state index in [9.17, 15) is 18.4 Å². The predicted molar refractivity (Wildman–Crippen MR) is 98.0 cm³/mol. The van der Waals surface area contributed by atoms with Crippen molar-refractivity contribution in [3.05, 3.63) is 23.2 Å². The van der Waals surface area contributed by atoms with Gasteiger partial charge in [-0.3, -0.25) is 9.59 Å². The number of rotatable bonds is 7. The van der Waals surface area contributed by atoms with Crippen molar-refractivity contribution >= 4 is 29.1 Å². The van der Waals surface area contributed by atoms with E-state index < -0.39 is 12.0 Å². The molecule has 1 aromatic rings. The molecule has 0 aromatic heterocycles. The first-order chi connectivity index (χ1) is 12.9. The zero-order valence-corrected chi connectivity index (χ0v) is 15.7. The lowest BCUT2D eigenvalue weighted by atomic mass is 9.71. The van der Waals surface area contributed by atoms with Gasteiger partial charge >= 0.3 is 6.61 Å². The first kappa shape index (κ1) is 19.9.